The monoisotopic (exact) mass is 489 g/mol. The topological polar surface area (TPSA) is 95.6 Å². The first-order chi connectivity index (χ1) is 16.0. The van der Waals surface area contributed by atoms with Gasteiger partial charge in [0.15, 0.2) is 0 Å². The number of piperidine rings is 1. The molecule has 9 heteroatoms. The Labute approximate surface area is 200 Å². The van der Waals surface area contributed by atoms with Crippen molar-refractivity contribution in [3.8, 4) is 0 Å². The van der Waals surface area contributed by atoms with Gasteiger partial charge in [-0.15, -0.1) is 0 Å². The van der Waals surface area contributed by atoms with E-state index < -0.39 is 33.7 Å². The zero-order valence-electron chi connectivity index (χ0n) is 20.0. The Balaban J connectivity index is 1.60. The summed E-state index contributed by atoms with van der Waals surface area (Å²) < 4.78 is 41.0. The van der Waals surface area contributed by atoms with E-state index in [0.717, 1.165) is 5.56 Å². The predicted octanol–water partition coefficient (Wildman–Crippen LogP) is 3.62. The number of carbonyl (C=O) groups is 2. The van der Waals surface area contributed by atoms with Gasteiger partial charge >= 0.3 is 0 Å². The lowest BCUT2D eigenvalue weighted by molar-refractivity contribution is -0.130. The molecule has 2 aromatic rings. The first-order valence-electron chi connectivity index (χ1n) is 11.4. The van der Waals surface area contributed by atoms with Gasteiger partial charge in [-0.1, -0.05) is 37.6 Å². The van der Waals surface area contributed by atoms with Gasteiger partial charge in [-0.3, -0.25) is 9.59 Å². The first-order valence-corrected chi connectivity index (χ1v) is 12.9. The molecule has 0 aromatic heterocycles. The molecule has 1 aliphatic heterocycles. The molecular weight excluding hydrogens is 457 g/mol. The zero-order chi connectivity index (χ0) is 25.0. The third kappa shape index (κ3) is 6.01. The Kier molecular flexibility index (Phi) is 8.09. The molecule has 7 nitrogen and oxygen atoms in total. The van der Waals surface area contributed by atoms with Gasteiger partial charge in [0.1, 0.15) is 11.9 Å². The van der Waals surface area contributed by atoms with Crippen LogP contribution in [0.4, 0.5) is 10.1 Å². The molecular formula is C25H32FN3O4S. The number of nitrogens with one attached hydrogen (secondary N) is 2. The highest BCUT2D eigenvalue weighted by atomic mass is 32.2. The Morgan fingerprint density at radius 2 is 1.65 bits per heavy atom. The molecule has 1 fully saturated rings. The van der Waals surface area contributed by atoms with Crippen LogP contribution in [0.15, 0.2) is 47.4 Å². The maximum Gasteiger partial charge on any atom is 0.247 e. The van der Waals surface area contributed by atoms with E-state index >= 15 is 0 Å². The van der Waals surface area contributed by atoms with Crippen molar-refractivity contribution in [2.75, 3.05) is 18.4 Å². The maximum atomic E-state index is 13.8. The van der Waals surface area contributed by atoms with E-state index in [1.54, 1.807) is 43.3 Å². The van der Waals surface area contributed by atoms with E-state index in [1.807, 2.05) is 20.8 Å². The Bertz CT molecular complexity index is 1140. The number of sulfonamides is 1. The van der Waals surface area contributed by atoms with Crippen molar-refractivity contribution in [2.24, 2.45) is 11.8 Å². The van der Waals surface area contributed by atoms with Crippen molar-refractivity contribution >= 4 is 27.5 Å². The van der Waals surface area contributed by atoms with Gasteiger partial charge in [0.25, 0.3) is 0 Å². The van der Waals surface area contributed by atoms with Crippen LogP contribution in [0.25, 0.3) is 0 Å². The number of aryl methyl sites for hydroxylation is 2. The molecule has 0 spiro atoms. The molecule has 3 rings (SSSR count). The number of anilines is 1. The van der Waals surface area contributed by atoms with Crippen LogP contribution in [0.2, 0.25) is 0 Å². The number of hydrogen-bond acceptors (Lipinski definition) is 4. The number of carbonyl (C=O) groups excluding carboxylic acids is 2. The van der Waals surface area contributed by atoms with Crippen LogP contribution < -0.4 is 10.6 Å². The minimum Gasteiger partial charge on any atom is -0.344 e. The van der Waals surface area contributed by atoms with E-state index in [9.17, 15) is 22.4 Å². The van der Waals surface area contributed by atoms with Crippen molar-refractivity contribution in [3.63, 3.8) is 0 Å². The molecule has 1 heterocycles. The molecule has 0 saturated carbocycles. The molecule has 34 heavy (non-hydrogen) atoms. The minimum atomic E-state index is -3.61. The van der Waals surface area contributed by atoms with Crippen LogP contribution in [0, 0.1) is 31.5 Å². The van der Waals surface area contributed by atoms with Crippen molar-refractivity contribution in [2.45, 2.75) is 51.5 Å². The van der Waals surface area contributed by atoms with Crippen LogP contribution in [0.5, 0.6) is 0 Å². The van der Waals surface area contributed by atoms with Gasteiger partial charge in [-0.2, -0.15) is 4.31 Å². The van der Waals surface area contributed by atoms with Gasteiger partial charge < -0.3 is 10.6 Å². The molecule has 0 aliphatic carbocycles. The molecule has 184 valence electrons. The summed E-state index contributed by atoms with van der Waals surface area (Å²) in [6, 6.07) is 10.3. The number of benzene rings is 2. The average molecular weight is 490 g/mol. The van der Waals surface area contributed by atoms with Crippen molar-refractivity contribution in [1.29, 1.82) is 0 Å². The Hall–Kier alpha value is -2.78. The number of rotatable bonds is 7. The quantitative estimate of drug-likeness (QED) is 0.621. The summed E-state index contributed by atoms with van der Waals surface area (Å²) in [6.45, 7) is 7.62. The van der Waals surface area contributed by atoms with Gasteiger partial charge in [0.2, 0.25) is 21.8 Å². The minimum absolute atomic E-state index is 0.193. The third-order valence-corrected chi connectivity index (χ3v) is 8.08. The maximum absolute atomic E-state index is 13.8. The molecule has 0 radical (unpaired) electrons. The molecule has 1 atom stereocenters. The number of halogens is 1. The summed E-state index contributed by atoms with van der Waals surface area (Å²) in [4.78, 5) is 26.0. The van der Waals surface area contributed by atoms with Crippen molar-refractivity contribution in [3.05, 3.63) is 59.4 Å². The van der Waals surface area contributed by atoms with Crippen LogP contribution in [0.1, 0.15) is 37.8 Å². The van der Waals surface area contributed by atoms with Gasteiger partial charge in [-0.05, 0) is 62.4 Å². The Morgan fingerprint density at radius 3 is 2.21 bits per heavy atom. The van der Waals surface area contributed by atoms with Crippen molar-refractivity contribution in [1.82, 2.24) is 9.62 Å². The van der Waals surface area contributed by atoms with E-state index in [4.69, 9.17) is 0 Å². The summed E-state index contributed by atoms with van der Waals surface area (Å²) in [6.07, 6.45) is 0.735. The van der Waals surface area contributed by atoms with Crippen LogP contribution in [0.3, 0.4) is 0 Å². The lowest BCUT2D eigenvalue weighted by Gasteiger charge is -2.32. The summed E-state index contributed by atoms with van der Waals surface area (Å²) in [5, 5.41) is 5.48. The molecule has 2 amide bonds. The molecule has 1 unspecified atom stereocenters. The highest BCUT2D eigenvalue weighted by Gasteiger charge is 2.34. The van der Waals surface area contributed by atoms with Crippen LogP contribution >= 0.6 is 0 Å². The summed E-state index contributed by atoms with van der Waals surface area (Å²) in [5.74, 6) is -1.71. The SMILES string of the molecule is Cc1ccc(S(=O)(=O)N2CCC(C(=O)NC(C(=O)Nc3ccc(C)c(F)c3)C(C)C)CC2)cc1. The summed E-state index contributed by atoms with van der Waals surface area (Å²) in [5.41, 5.74) is 1.77. The Morgan fingerprint density at radius 1 is 1.03 bits per heavy atom. The van der Waals surface area contributed by atoms with E-state index in [-0.39, 0.29) is 29.8 Å². The first kappa shape index (κ1) is 25.8. The van der Waals surface area contributed by atoms with Gasteiger partial charge in [-0.25, -0.2) is 12.8 Å². The normalized spacial score (nSPS) is 16.3. The van der Waals surface area contributed by atoms with Crippen molar-refractivity contribution < 1.29 is 22.4 Å². The second-order valence-corrected chi connectivity index (χ2v) is 11.1. The predicted molar refractivity (Wildman–Crippen MR) is 129 cm³/mol. The summed E-state index contributed by atoms with van der Waals surface area (Å²) in [7, 11) is -3.61. The van der Waals surface area contributed by atoms with E-state index in [1.165, 1.54) is 10.4 Å². The number of nitrogens with zero attached hydrogens (tertiary/aromatic N) is 1. The average Bonchev–Trinajstić information content (AvgIpc) is 2.79. The van der Waals surface area contributed by atoms with Gasteiger partial charge in [0, 0.05) is 24.7 Å². The molecule has 1 saturated heterocycles. The van der Waals surface area contributed by atoms with Crippen LogP contribution in [-0.4, -0.2) is 43.7 Å². The number of hydrogen-bond donors (Lipinski definition) is 2. The second-order valence-electron chi connectivity index (χ2n) is 9.17. The summed E-state index contributed by atoms with van der Waals surface area (Å²) >= 11 is 0. The van der Waals surface area contributed by atoms with Crippen LogP contribution in [-0.2, 0) is 19.6 Å². The highest BCUT2D eigenvalue weighted by molar-refractivity contribution is 7.89. The smallest absolute Gasteiger partial charge is 0.247 e. The number of amides is 2. The largest absolute Gasteiger partial charge is 0.344 e. The zero-order valence-corrected chi connectivity index (χ0v) is 20.8. The van der Waals surface area contributed by atoms with E-state index in [0.29, 0.717) is 24.1 Å². The molecule has 1 aliphatic rings. The fourth-order valence-electron chi connectivity index (χ4n) is 3.91. The standard InChI is InChI=1S/C25H32FN3O4S/c1-16(2)23(25(31)27-20-8-7-18(4)22(26)15-20)28-24(30)19-11-13-29(14-12-19)34(32,33)21-9-5-17(3)6-10-21/h5-10,15-16,19,23H,11-14H2,1-4H3,(H,27,31)(H,28,30). The third-order valence-electron chi connectivity index (χ3n) is 6.17. The molecule has 0 bridgehead atoms. The fourth-order valence-corrected chi connectivity index (χ4v) is 5.38. The van der Waals surface area contributed by atoms with E-state index in [2.05, 4.69) is 10.6 Å². The fraction of sp³-hybridized carbons (Fsp3) is 0.440. The molecule has 2 N–H and O–H groups in total. The highest BCUT2D eigenvalue weighted by Crippen LogP contribution is 2.25. The van der Waals surface area contributed by atoms with Gasteiger partial charge in [0.05, 0.1) is 4.90 Å². The second kappa shape index (κ2) is 10.7. The molecule has 2 aromatic carbocycles. The lowest BCUT2D eigenvalue weighted by Crippen LogP contribution is -2.50. The lowest BCUT2D eigenvalue weighted by atomic mass is 9.95.